The van der Waals surface area contributed by atoms with Crippen molar-refractivity contribution in [2.24, 2.45) is 5.92 Å². The maximum Gasteiger partial charge on any atom is 0.328 e. The van der Waals surface area contributed by atoms with E-state index in [1.807, 2.05) is 44.2 Å². The van der Waals surface area contributed by atoms with Crippen LogP contribution in [0.1, 0.15) is 26.0 Å². The molecule has 0 unspecified atom stereocenters. The van der Waals surface area contributed by atoms with Crippen LogP contribution in [0, 0.1) is 5.92 Å². The third-order valence-corrected chi connectivity index (χ3v) is 3.44. The number of nitrogens with one attached hydrogen (secondary N) is 1. The van der Waals surface area contributed by atoms with Gasteiger partial charge in [-0.2, -0.15) is 0 Å². The van der Waals surface area contributed by atoms with Crippen molar-refractivity contribution in [2.45, 2.75) is 32.7 Å². The van der Waals surface area contributed by atoms with Crippen LogP contribution in [0.5, 0.6) is 0 Å². The van der Waals surface area contributed by atoms with Crippen LogP contribution < -0.4 is 5.32 Å². The third-order valence-electron chi connectivity index (χ3n) is 3.44. The number of amides is 1. The number of benzene rings is 1. The number of oxazole rings is 1. The summed E-state index contributed by atoms with van der Waals surface area (Å²) in [5, 5.41) is 2.70. The number of ether oxygens (including phenoxy) is 1. The first-order valence-corrected chi connectivity index (χ1v) is 7.86. The predicted octanol–water partition coefficient (Wildman–Crippen LogP) is 2.59. The number of carbonyl (C=O) groups is 2. The van der Waals surface area contributed by atoms with Crippen molar-refractivity contribution in [1.82, 2.24) is 10.3 Å². The number of carbonyl (C=O) groups excluding carboxylic acids is 2. The Morgan fingerprint density at radius 3 is 2.58 bits per heavy atom. The van der Waals surface area contributed by atoms with E-state index in [1.54, 1.807) is 0 Å². The van der Waals surface area contributed by atoms with E-state index in [-0.39, 0.29) is 18.2 Å². The van der Waals surface area contributed by atoms with E-state index in [1.165, 1.54) is 13.4 Å². The molecule has 2 rings (SSSR count). The lowest BCUT2D eigenvalue weighted by atomic mass is 10.0. The molecule has 0 saturated carbocycles. The predicted molar refractivity (Wildman–Crippen MR) is 89.0 cm³/mol. The summed E-state index contributed by atoms with van der Waals surface area (Å²) in [7, 11) is 1.31. The Labute approximate surface area is 141 Å². The summed E-state index contributed by atoms with van der Waals surface area (Å²) in [6, 6.07) is 8.79. The zero-order valence-electron chi connectivity index (χ0n) is 14.1. The van der Waals surface area contributed by atoms with Gasteiger partial charge in [-0.1, -0.05) is 32.0 Å². The maximum absolute atomic E-state index is 12.2. The van der Waals surface area contributed by atoms with Crippen molar-refractivity contribution >= 4 is 11.9 Å². The number of rotatable bonds is 7. The van der Waals surface area contributed by atoms with Crippen molar-refractivity contribution in [2.75, 3.05) is 7.11 Å². The maximum atomic E-state index is 12.2. The average Bonchev–Trinajstić information content (AvgIpc) is 3.02. The summed E-state index contributed by atoms with van der Waals surface area (Å²) in [6.07, 6.45) is 2.02. The van der Waals surface area contributed by atoms with Crippen LogP contribution in [0.4, 0.5) is 0 Å². The molecule has 24 heavy (non-hydrogen) atoms. The molecule has 1 aromatic heterocycles. The second-order valence-electron chi connectivity index (χ2n) is 5.96. The van der Waals surface area contributed by atoms with E-state index in [2.05, 4.69) is 10.3 Å². The molecular weight excluding hydrogens is 308 g/mol. The summed E-state index contributed by atoms with van der Waals surface area (Å²) < 4.78 is 10.1. The summed E-state index contributed by atoms with van der Waals surface area (Å²) in [4.78, 5) is 28.2. The lowest BCUT2D eigenvalue weighted by Crippen LogP contribution is -2.43. The lowest BCUT2D eigenvalue weighted by molar-refractivity contribution is -0.145. The van der Waals surface area contributed by atoms with Gasteiger partial charge in [-0.05, 0) is 24.5 Å². The highest BCUT2D eigenvalue weighted by molar-refractivity contribution is 5.85. The van der Waals surface area contributed by atoms with E-state index in [4.69, 9.17) is 9.15 Å². The molecule has 0 spiro atoms. The highest BCUT2D eigenvalue weighted by Crippen LogP contribution is 2.18. The summed E-state index contributed by atoms with van der Waals surface area (Å²) in [6.45, 7) is 3.96. The highest BCUT2D eigenvalue weighted by Gasteiger charge is 2.23. The number of methoxy groups -OCH3 is 1. The topological polar surface area (TPSA) is 81.4 Å². The molecule has 0 aliphatic heterocycles. The van der Waals surface area contributed by atoms with Crippen molar-refractivity contribution < 1.29 is 18.7 Å². The summed E-state index contributed by atoms with van der Waals surface area (Å²) >= 11 is 0. The molecule has 0 aliphatic carbocycles. The van der Waals surface area contributed by atoms with E-state index in [0.717, 1.165) is 5.56 Å². The van der Waals surface area contributed by atoms with Gasteiger partial charge < -0.3 is 14.5 Å². The molecule has 0 bridgehead atoms. The Morgan fingerprint density at radius 2 is 1.96 bits per heavy atom. The Bertz CT molecular complexity index is 679. The second-order valence-corrected chi connectivity index (χ2v) is 5.96. The second kappa shape index (κ2) is 8.29. The van der Waals surface area contributed by atoms with Crippen LogP contribution >= 0.6 is 0 Å². The number of hydrogen-bond donors (Lipinski definition) is 1. The molecule has 1 atom stereocenters. The number of esters is 1. The first kappa shape index (κ1) is 17.7. The van der Waals surface area contributed by atoms with E-state index < -0.39 is 12.0 Å². The van der Waals surface area contributed by atoms with Gasteiger partial charge in [0.1, 0.15) is 12.3 Å². The van der Waals surface area contributed by atoms with Gasteiger partial charge in [0, 0.05) is 5.56 Å². The highest BCUT2D eigenvalue weighted by atomic mass is 16.5. The minimum Gasteiger partial charge on any atom is -0.467 e. The number of hydrogen-bond acceptors (Lipinski definition) is 5. The van der Waals surface area contributed by atoms with Crippen molar-refractivity contribution in [3.8, 4) is 11.5 Å². The first-order valence-electron chi connectivity index (χ1n) is 7.86. The van der Waals surface area contributed by atoms with Gasteiger partial charge in [-0.3, -0.25) is 4.79 Å². The lowest BCUT2D eigenvalue weighted by Gasteiger charge is -2.17. The normalized spacial score (nSPS) is 12.0. The fraction of sp³-hybridized carbons (Fsp3) is 0.389. The zero-order valence-corrected chi connectivity index (χ0v) is 14.1. The SMILES string of the molecule is COC(=O)[C@H](CC(C)C)NC(=O)Cc1coc(-c2ccccc2)n1. The molecule has 1 aromatic carbocycles. The summed E-state index contributed by atoms with van der Waals surface area (Å²) in [5.74, 6) is -0.0163. The monoisotopic (exact) mass is 330 g/mol. The molecule has 1 amide bonds. The largest absolute Gasteiger partial charge is 0.467 e. The fourth-order valence-electron chi connectivity index (χ4n) is 2.34. The van der Waals surface area contributed by atoms with Crippen LogP contribution in [0.2, 0.25) is 0 Å². The van der Waals surface area contributed by atoms with Gasteiger partial charge in [-0.15, -0.1) is 0 Å². The molecule has 6 heteroatoms. The van der Waals surface area contributed by atoms with Crippen LogP contribution in [-0.4, -0.2) is 30.0 Å². The van der Waals surface area contributed by atoms with Gasteiger partial charge in [-0.25, -0.2) is 9.78 Å². The minimum atomic E-state index is -0.650. The average molecular weight is 330 g/mol. The molecule has 1 N–H and O–H groups in total. The Kier molecular flexibility index (Phi) is 6.12. The van der Waals surface area contributed by atoms with Gasteiger partial charge in [0.05, 0.1) is 19.2 Å². The molecule has 1 heterocycles. The minimum absolute atomic E-state index is 0.0436. The molecule has 0 saturated heterocycles. The van der Waals surface area contributed by atoms with Crippen molar-refractivity contribution in [3.05, 3.63) is 42.3 Å². The van der Waals surface area contributed by atoms with E-state index >= 15 is 0 Å². The number of aromatic nitrogens is 1. The van der Waals surface area contributed by atoms with Crippen LogP contribution in [0.15, 0.2) is 41.0 Å². The molecular formula is C18H22N2O4. The van der Waals surface area contributed by atoms with Gasteiger partial charge in [0.25, 0.3) is 0 Å². The zero-order chi connectivity index (χ0) is 17.5. The van der Waals surface area contributed by atoms with Gasteiger partial charge in [0.15, 0.2) is 0 Å². The van der Waals surface area contributed by atoms with Crippen molar-refractivity contribution in [1.29, 1.82) is 0 Å². The van der Waals surface area contributed by atoms with E-state index in [0.29, 0.717) is 18.0 Å². The third kappa shape index (κ3) is 4.94. The molecule has 128 valence electrons. The summed E-state index contributed by atoms with van der Waals surface area (Å²) in [5.41, 5.74) is 1.36. The quantitative estimate of drug-likeness (QED) is 0.789. The Hall–Kier alpha value is -2.63. The fourth-order valence-corrected chi connectivity index (χ4v) is 2.34. The van der Waals surface area contributed by atoms with Crippen molar-refractivity contribution in [3.63, 3.8) is 0 Å². The molecule has 0 fully saturated rings. The van der Waals surface area contributed by atoms with Crippen LogP contribution in [0.25, 0.3) is 11.5 Å². The van der Waals surface area contributed by atoms with Gasteiger partial charge >= 0.3 is 5.97 Å². The molecule has 2 aromatic rings. The smallest absolute Gasteiger partial charge is 0.328 e. The van der Waals surface area contributed by atoms with Crippen LogP contribution in [-0.2, 0) is 20.7 Å². The molecule has 6 nitrogen and oxygen atoms in total. The van der Waals surface area contributed by atoms with Crippen LogP contribution in [0.3, 0.4) is 0 Å². The number of nitrogens with zero attached hydrogens (tertiary/aromatic N) is 1. The standard InChI is InChI=1S/C18H22N2O4/c1-12(2)9-15(18(22)23-3)20-16(21)10-14-11-24-17(19-14)13-7-5-4-6-8-13/h4-8,11-12,15H,9-10H2,1-3H3,(H,20,21)/t15-/m0/s1. The van der Waals surface area contributed by atoms with Gasteiger partial charge in [0.2, 0.25) is 11.8 Å². The Morgan fingerprint density at radius 1 is 1.25 bits per heavy atom. The Balaban J connectivity index is 1.99. The van der Waals surface area contributed by atoms with E-state index in [9.17, 15) is 9.59 Å². The molecule has 0 aliphatic rings. The first-order chi connectivity index (χ1) is 11.5. The molecule has 0 radical (unpaired) electrons.